The lowest BCUT2D eigenvalue weighted by Gasteiger charge is -2.43. The zero-order valence-corrected chi connectivity index (χ0v) is 21.7. The second kappa shape index (κ2) is 14.9. The number of quaternary nitrogens is 1. The molecule has 2 unspecified atom stereocenters. The van der Waals surface area contributed by atoms with E-state index in [9.17, 15) is 14.8 Å². The molecule has 0 aromatic heterocycles. The van der Waals surface area contributed by atoms with Crippen LogP contribution in [0.25, 0.3) is 0 Å². The molecule has 0 fully saturated rings. The van der Waals surface area contributed by atoms with Crippen molar-refractivity contribution in [3.63, 3.8) is 0 Å². The Balaban J connectivity index is 2.38. The van der Waals surface area contributed by atoms with E-state index in [1.165, 1.54) is 0 Å². The molecular weight excluding hydrogens is 469 g/mol. The number of hydrogen-bond acceptors (Lipinski definition) is 7. The minimum Gasteiger partial charge on any atom is -0.804 e. The molecule has 9 nitrogen and oxygen atoms in total. The maximum Gasteiger partial charge on any atom is 0.324 e. The van der Waals surface area contributed by atoms with Crippen LogP contribution in [0.4, 0.5) is 0 Å². The van der Waals surface area contributed by atoms with Gasteiger partial charge in [-0.15, -0.1) is 0 Å². The summed E-state index contributed by atoms with van der Waals surface area (Å²) in [6.07, 6.45) is 1.15. The van der Waals surface area contributed by atoms with Crippen LogP contribution < -0.4 is 14.6 Å². The normalized spacial score (nSPS) is 15.5. The van der Waals surface area contributed by atoms with Crippen LogP contribution in [0.15, 0.2) is 24.3 Å². The Kier molecular flexibility index (Phi) is 13.4. The summed E-state index contributed by atoms with van der Waals surface area (Å²) in [5.74, 6) is 0.265. The second-order valence-corrected chi connectivity index (χ2v) is 11.4. The molecule has 33 heavy (non-hydrogen) atoms. The number of likely N-dealkylation sites (N-methyl/N-ethyl adjacent to an activating group) is 1. The van der Waals surface area contributed by atoms with Crippen molar-refractivity contribution in [3.05, 3.63) is 24.3 Å². The molecule has 0 heterocycles. The van der Waals surface area contributed by atoms with Crippen molar-refractivity contribution in [2.24, 2.45) is 0 Å². The molecule has 0 spiro atoms. The van der Waals surface area contributed by atoms with Crippen molar-refractivity contribution in [3.8, 4) is 11.5 Å². The maximum atomic E-state index is 12.5. The van der Waals surface area contributed by atoms with Gasteiger partial charge in [0.25, 0.3) is 0 Å². The van der Waals surface area contributed by atoms with Crippen molar-refractivity contribution in [2.75, 3.05) is 41.0 Å². The molecule has 0 saturated carbocycles. The quantitative estimate of drug-likeness (QED) is 0.134. The van der Waals surface area contributed by atoms with Crippen LogP contribution in [0, 0.1) is 0 Å². The lowest BCUT2D eigenvalue weighted by molar-refractivity contribution is -0.973. The zero-order valence-electron chi connectivity index (χ0n) is 20.0. The van der Waals surface area contributed by atoms with Gasteiger partial charge in [0.15, 0.2) is 0 Å². The van der Waals surface area contributed by atoms with Crippen molar-refractivity contribution in [1.29, 1.82) is 0 Å². The Labute approximate surface area is 202 Å². The number of carbonyl (C=O) groups is 1. The average molecular weight is 508 g/mol. The van der Waals surface area contributed by atoms with Gasteiger partial charge in [-0.2, -0.15) is 0 Å². The molecule has 1 aromatic rings. The highest BCUT2D eigenvalue weighted by molar-refractivity contribution is 8.07. The summed E-state index contributed by atoms with van der Waals surface area (Å²) in [7, 11) is 4.85. The fourth-order valence-electron chi connectivity index (χ4n) is 2.83. The average Bonchev–Trinajstić information content (AvgIpc) is 2.72. The van der Waals surface area contributed by atoms with Crippen LogP contribution in [-0.4, -0.2) is 73.7 Å². The summed E-state index contributed by atoms with van der Waals surface area (Å²) < 4.78 is 21.9. The van der Waals surface area contributed by atoms with Crippen molar-refractivity contribution in [1.82, 2.24) is 0 Å². The molecule has 0 aliphatic heterocycles. The predicted octanol–water partition coefficient (Wildman–Crippen LogP) is 2.90. The van der Waals surface area contributed by atoms with E-state index in [2.05, 4.69) is 6.92 Å². The van der Waals surface area contributed by atoms with Gasteiger partial charge < -0.3 is 38.1 Å². The summed E-state index contributed by atoms with van der Waals surface area (Å²) >= 11 is 4.97. The molecule has 11 heteroatoms. The third-order valence-electron chi connectivity index (χ3n) is 4.61. The Hall–Kier alpha value is -1.26. The number of ether oxygens (including phenoxy) is 2. The molecule has 0 saturated heterocycles. The lowest BCUT2D eigenvalue weighted by atomic mass is 10.2. The fourth-order valence-corrected chi connectivity index (χ4v) is 4.33. The molecule has 1 aromatic carbocycles. The highest BCUT2D eigenvalue weighted by Crippen LogP contribution is 2.46. The summed E-state index contributed by atoms with van der Waals surface area (Å²) in [6, 6.07) is 7.47. The van der Waals surface area contributed by atoms with E-state index in [-0.39, 0.29) is 11.1 Å². The van der Waals surface area contributed by atoms with Crippen LogP contribution in [-0.2, 0) is 25.6 Å². The third kappa shape index (κ3) is 13.3. The van der Waals surface area contributed by atoms with Crippen molar-refractivity contribution < 1.29 is 42.9 Å². The van der Waals surface area contributed by atoms with Gasteiger partial charge in [0.1, 0.15) is 17.6 Å². The Morgan fingerprint density at radius 2 is 1.64 bits per heavy atom. The minimum absolute atomic E-state index is 0.0877. The predicted molar refractivity (Wildman–Crippen MR) is 128 cm³/mol. The van der Waals surface area contributed by atoms with E-state index in [1.807, 2.05) is 24.3 Å². The summed E-state index contributed by atoms with van der Waals surface area (Å²) in [5.41, 5.74) is 0. The van der Waals surface area contributed by atoms with E-state index in [0.717, 1.165) is 25.0 Å². The Morgan fingerprint density at radius 3 is 2.15 bits per heavy atom. The van der Waals surface area contributed by atoms with Gasteiger partial charge in [0, 0.05) is 12.3 Å². The lowest BCUT2D eigenvalue weighted by Crippen LogP contribution is -2.60. The van der Waals surface area contributed by atoms with Crippen LogP contribution in [0.1, 0.15) is 45.4 Å². The van der Waals surface area contributed by atoms with Gasteiger partial charge in [-0.05, 0) is 43.2 Å². The standard InChI is InChI=1S/C22H38NO8PS/c1-5-6-7-13-28-18-11-10-12-19(16-18)29-14-8-9-15-30-32(27,33)31-20(17-21(24)25)22(26)23(2,3)4/h10-12,16,20,22H,5-9,13-15,17H2,1-4H3,(H,24,25)(H,27,33)/t20-,22?,32?/m1/s1. The molecule has 0 aliphatic rings. The molecular formula is C22H38NO8PS. The molecule has 0 aliphatic carbocycles. The zero-order chi connectivity index (χ0) is 24.9. The summed E-state index contributed by atoms with van der Waals surface area (Å²) in [4.78, 5) is 21.4. The highest BCUT2D eigenvalue weighted by Gasteiger charge is 2.31. The van der Waals surface area contributed by atoms with Gasteiger partial charge in [-0.1, -0.05) is 25.8 Å². The minimum atomic E-state index is -3.75. The number of rotatable bonds is 18. The molecule has 0 amide bonds. The van der Waals surface area contributed by atoms with E-state index in [0.29, 0.717) is 31.8 Å². The number of carboxylic acid groups (broad SMARTS) is 1. The highest BCUT2D eigenvalue weighted by atomic mass is 32.5. The summed E-state index contributed by atoms with van der Waals surface area (Å²) in [5, 5.41) is 21.5. The first-order valence-corrected chi connectivity index (χ1v) is 13.7. The number of aliphatic carboxylic acids is 1. The van der Waals surface area contributed by atoms with Crippen LogP contribution >= 0.6 is 6.72 Å². The van der Waals surface area contributed by atoms with Gasteiger partial charge in [0.2, 0.25) is 0 Å². The molecule has 2 N–H and O–H groups in total. The molecule has 3 atom stereocenters. The molecule has 1 rings (SSSR count). The molecule has 0 radical (unpaired) electrons. The number of carboxylic acids is 1. The Bertz CT molecular complexity index is 758. The van der Waals surface area contributed by atoms with E-state index >= 15 is 0 Å². The Morgan fingerprint density at radius 1 is 1.09 bits per heavy atom. The van der Waals surface area contributed by atoms with Gasteiger partial charge >= 0.3 is 12.7 Å². The third-order valence-corrected chi connectivity index (χ3v) is 6.23. The number of hydrogen-bond donors (Lipinski definition) is 2. The fraction of sp³-hybridized carbons (Fsp3) is 0.682. The molecule has 190 valence electrons. The first kappa shape index (κ1) is 29.8. The monoisotopic (exact) mass is 507 g/mol. The summed E-state index contributed by atoms with van der Waals surface area (Å²) in [6.45, 7) is -0.392. The number of benzene rings is 1. The van der Waals surface area contributed by atoms with Crippen LogP contribution in [0.2, 0.25) is 0 Å². The largest absolute Gasteiger partial charge is 0.804 e. The van der Waals surface area contributed by atoms with E-state index in [1.54, 1.807) is 21.1 Å². The number of unbranched alkanes of at least 4 members (excludes halogenated alkanes) is 3. The molecule has 0 bridgehead atoms. The van der Waals surface area contributed by atoms with E-state index in [4.69, 9.17) is 35.4 Å². The smallest absolute Gasteiger partial charge is 0.324 e. The van der Waals surface area contributed by atoms with E-state index < -0.39 is 31.4 Å². The van der Waals surface area contributed by atoms with Gasteiger partial charge in [-0.25, -0.2) is 0 Å². The first-order chi connectivity index (χ1) is 15.4. The SMILES string of the molecule is CCCCCOc1cccc(OCCCCOP(O)(=S)O[C@H](CC(=O)O)C([O-])[N+](C)(C)C)c1. The van der Waals surface area contributed by atoms with Crippen molar-refractivity contribution in [2.45, 2.75) is 57.8 Å². The second-order valence-electron chi connectivity index (χ2n) is 8.64. The topological polar surface area (TPSA) is 118 Å². The van der Waals surface area contributed by atoms with Gasteiger partial charge in [0.05, 0.1) is 47.4 Å². The first-order valence-electron chi connectivity index (χ1n) is 11.1. The van der Waals surface area contributed by atoms with Crippen LogP contribution in [0.5, 0.6) is 11.5 Å². The maximum absolute atomic E-state index is 12.5. The van der Waals surface area contributed by atoms with Gasteiger partial charge in [-0.3, -0.25) is 4.79 Å². The van der Waals surface area contributed by atoms with Crippen LogP contribution in [0.3, 0.4) is 0 Å². The van der Waals surface area contributed by atoms with Crippen molar-refractivity contribution >= 4 is 24.5 Å². The number of nitrogens with zero attached hydrogens (tertiary/aromatic N) is 1.